The summed E-state index contributed by atoms with van der Waals surface area (Å²) in [6, 6.07) is 7.55. The number of hydrogen-bond acceptors (Lipinski definition) is 4. The second-order valence-electron chi connectivity index (χ2n) is 4.94. The predicted octanol–water partition coefficient (Wildman–Crippen LogP) is 4.56. The van der Waals surface area contributed by atoms with Gasteiger partial charge in [-0.25, -0.2) is 4.98 Å². The molecule has 0 radical (unpaired) electrons. The number of halogens is 5. The molecule has 2 heterocycles. The van der Waals surface area contributed by atoms with Crippen LogP contribution in [0.1, 0.15) is 11.3 Å². The van der Waals surface area contributed by atoms with Gasteiger partial charge in [-0.15, -0.1) is 13.2 Å². The summed E-state index contributed by atoms with van der Waals surface area (Å²) in [6.45, 7) is 0.205. The van der Waals surface area contributed by atoms with Gasteiger partial charge in [0.25, 0.3) is 0 Å². The van der Waals surface area contributed by atoms with E-state index in [1.165, 1.54) is 16.8 Å². The number of pyridine rings is 1. The van der Waals surface area contributed by atoms with E-state index in [0.29, 0.717) is 16.8 Å². The molecule has 1 aromatic carbocycles. The lowest BCUT2D eigenvalue weighted by Crippen LogP contribution is -2.17. The normalized spacial score (nSPS) is 11.5. The Morgan fingerprint density at radius 3 is 2.60 bits per heavy atom. The lowest BCUT2D eigenvalue weighted by Gasteiger charge is -2.11. The molecule has 5 nitrogen and oxygen atoms in total. The first kappa shape index (κ1) is 17.3. The van der Waals surface area contributed by atoms with Gasteiger partial charge in [0.05, 0.1) is 33.9 Å². The van der Waals surface area contributed by atoms with Crippen molar-refractivity contribution >= 4 is 34.2 Å². The lowest BCUT2D eigenvalue weighted by atomic mass is 10.2. The Bertz CT molecular complexity index is 978. The molecule has 0 amide bonds. The van der Waals surface area contributed by atoms with Gasteiger partial charge in [0.15, 0.2) is 0 Å². The highest BCUT2D eigenvalue weighted by Crippen LogP contribution is 2.35. The third-order valence-corrected chi connectivity index (χ3v) is 3.84. The highest BCUT2D eigenvalue weighted by molar-refractivity contribution is 6.33. The number of ether oxygens (including phenoxy) is 1. The molecule has 3 aromatic rings. The molecule has 128 valence electrons. The van der Waals surface area contributed by atoms with Gasteiger partial charge in [-0.3, -0.25) is 4.98 Å². The molecule has 0 saturated carbocycles. The fourth-order valence-corrected chi connectivity index (χ4v) is 2.63. The van der Waals surface area contributed by atoms with E-state index in [1.807, 2.05) is 6.07 Å². The number of fused-ring (bicyclic) bond motifs is 1. The number of aromatic nitrogens is 3. The van der Waals surface area contributed by atoms with Gasteiger partial charge in [-0.1, -0.05) is 11.6 Å². The number of nitriles is 1. The van der Waals surface area contributed by atoms with Crippen LogP contribution < -0.4 is 4.74 Å². The van der Waals surface area contributed by atoms with Crippen molar-refractivity contribution in [3.05, 3.63) is 52.0 Å². The Morgan fingerprint density at radius 2 is 2.00 bits per heavy atom. The minimum absolute atomic E-state index is 0.0568. The lowest BCUT2D eigenvalue weighted by molar-refractivity contribution is -0.274. The Morgan fingerprint density at radius 1 is 1.24 bits per heavy atom. The largest absolute Gasteiger partial charge is 0.573 e. The van der Waals surface area contributed by atoms with Crippen molar-refractivity contribution in [3.63, 3.8) is 0 Å². The number of alkyl halides is 3. The molecule has 0 atom stereocenters. The van der Waals surface area contributed by atoms with Crippen LogP contribution in [0.3, 0.4) is 0 Å². The third kappa shape index (κ3) is 3.78. The van der Waals surface area contributed by atoms with E-state index in [9.17, 15) is 13.2 Å². The smallest absolute Gasteiger partial charge is 0.404 e. The van der Waals surface area contributed by atoms with Crippen LogP contribution in [-0.2, 0) is 6.54 Å². The Kier molecular flexibility index (Phi) is 4.45. The SMILES string of the molecule is N#Cc1ccc(Cn2c(Cl)nc3cc(OC(F)(F)F)c(Cl)cc32)nc1. The Labute approximate surface area is 149 Å². The quantitative estimate of drug-likeness (QED) is 0.661. The third-order valence-electron chi connectivity index (χ3n) is 3.25. The van der Waals surface area contributed by atoms with Crippen LogP contribution in [0.25, 0.3) is 11.0 Å². The number of benzene rings is 1. The van der Waals surface area contributed by atoms with E-state index < -0.39 is 12.1 Å². The van der Waals surface area contributed by atoms with Gasteiger partial charge in [0, 0.05) is 12.3 Å². The van der Waals surface area contributed by atoms with Gasteiger partial charge in [-0.05, 0) is 29.8 Å². The van der Waals surface area contributed by atoms with Crippen LogP contribution in [0.5, 0.6) is 5.75 Å². The van der Waals surface area contributed by atoms with E-state index in [1.54, 1.807) is 12.1 Å². The summed E-state index contributed by atoms with van der Waals surface area (Å²) in [5, 5.41) is 8.61. The van der Waals surface area contributed by atoms with Crippen LogP contribution in [0, 0.1) is 11.3 Å². The molecule has 0 bridgehead atoms. The summed E-state index contributed by atoms with van der Waals surface area (Å²) in [5.41, 5.74) is 1.62. The maximum atomic E-state index is 12.4. The standard InChI is InChI=1S/C15H7Cl2F3N4O/c16-10-3-12-11(4-13(10)25-15(18,19)20)23-14(17)24(12)7-9-2-1-8(5-21)6-22-9/h1-4,6H,7H2. The highest BCUT2D eigenvalue weighted by atomic mass is 35.5. The van der Waals surface area contributed by atoms with Gasteiger partial charge in [-0.2, -0.15) is 5.26 Å². The first-order valence-electron chi connectivity index (χ1n) is 6.73. The number of nitrogens with zero attached hydrogens (tertiary/aromatic N) is 4. The minimum Gasteiger partial charge on any atom is -0.404 e. The monoisotopic (exact) mass is 386 g/mol. The van der Waals surface area contributed by atoms with Crippen molar-refractivity contribution in [2.45, 2.75) is 12.9 Å². The molecular formula is C15H7Cl2F3N4O. The summed E-state index contributed by atoms with van der Waals surface area (Å²) in [7, 11) is 0. The molecule has 0 aliphatic carbocycles. The highest BCUT2D eigenvalue weighted by Gasteiger charge is 2.32. The summed E-state index contributed by atoms with van der Waals surface area (Å²) >= 11 is 12.0. The summed E-state index contributed by atoms with van der Waals surface area (Å²) in [6.07, 6.45) is -3.46. The van der Waals surface area contributed by atoms with Gasteiger partial charge >= 0.3 is 6.36 Å². The van der Waals surface area contributed by atoms with E-state index in [0.717, 1.165) is 6.07 Å². The van der Waals surface area contributed by atoms with Crippen molar-refractivity contribution in [1.29, 1.82) is 5.26 Å². The van der Waals surface area contributed by atoms with Crippen LogP contribution >= 0.6 is 23.2 Å². The average Bonchev–Trinajstić information content (AvgIpc) is 2.82. The summed E-state index contributed by atoms with van der Waals surface area (Å²) in [4.78, 5) is 8.14. The number of rotatable bonds is 3. The zero-order valence-corrected chi connectivity index (χ0v) is 13.7. The second-order valence-corrected chi connectivity index (χ2v) is 5.68. The maximum absolute atomic E-state index is 12.4. The molecule has 0 unspecified atom stereocenters. The Balaban J connectivity index is 2.00. The zero-order chi connectivity index (χ0) is 18.2. The van der Waals surface area contributed by atoms with E-state index in [4.69, 9.17) is 28.5 Å². The van der Waals surface area contributed by atoms with Crippen LogP contribution in [0.2, 0.25) is 10.3 Å². The van der Waals surface area contributed by atoms with Crippen LogP contribution in [-0.4, -0.2) is 20.9 Å². The molecule has 0 saturated heterocycles. The van der Waals surface area contributed by atoms with Gasteiger partial charge in [0.2, 0.25) is 5.28 Å². The van der Waals surface area contributed by atoms with Crippen molar-refractivity contribution < 1.29 is 17.9 Å². The van der Waals surface area contributed by atoms with E-state index >= 15 is 0 Å². The topological polar surface area (TPSA) is 63.7 Å². The van der Waals surface area contributed by atoms with Gasteiger partial charge in [0.1, 0.15) is 11.8 Å². The van der Waals surface area contributed by atoms with Crippen LogP contribution in [0.15, 0.2) is 30.5 Å². The van der Waals surface area contributed by atoms with E-state index in [2.05, 4.69) is 14.7 Å². The van der Waals surface area contributed by atoms with E-state index in [-0.39, 0.29) is 22.4 Å². The number of hydrogen-bond donors (Lipinski definition) is 0. The Hall–Kier alpha value is -2.50. The van der Waals surface area contributed by atoms with Crippen molar-refractivity contribution in [2.75, 3.05) is 0 Å². The number of imidazole rings is 1. The minimum atomic E-state index is -4.86. The second kappa shape index (κ2) is 6.43. The molecule has 0 fully saturated rings. The molecule has 25 heavy (non-hydrogen) atoms. The molecule has 2 aromatic heterocycles. The van der Waals surface area contributed by atoms with Gasteiger partial charge < -0.3 is 9.30 Å². The van der Waals surface area contributed by atoms with Crippen molar-refractivity contribution in [3.8, 4) is 11.8 Å². The first-order chi connectivity index (χ1) is 11.8. The molecular weight excluding hydrogens is 380 g/mol. The zero-order valence-electron chi connectivity index (χ0n) is 12.2. The molecule has 10 heteroatoms. The van der Waals surface area contributed by atoms with Crippen molar-refractivity contribution in [1.82, 2.24) is 14.5 Å². The molecule has 0 aliphatic heterocycles. The molecule has 3 rings (SSSR count). The fourth-order valence-electron chi connectivity index (χ4n) is 2.20. The van der Waals surface area contributed by atoms with Crippen LogP contribution in [0.4, 0.5) is 13.2 Å². The maximum Gasteiger partial charge on any atom is 0.573 e. The molecule has 0 aliphatic rings. The molecule has 0 N–H and O–H groups in total. The first-order valence-corrected chi connectivity index (χ1v) is 7.48. The summed E-state index contributed by atoms with van der Waals surface area (Å²) < 4.78 is 42.6. The average molecular weight is 387 g/mol. The summed E-state index contributed by atoms with van der Waals surface area (Å²) in [5.74, 6) is -0.556. The fraction of sp³-hybridized carbons (Fsp3) is 0.133. The predicted molar refractivity (Wildman–Crippen MR) is 84.5 cm³/mol. The van der Waals surface area contributed by atoms with Crippen molar-refractivity contribution in [2.24, 2.45) is 0 Å². The molecule has 0 spiro atoms.